The molecule has 0 saturated carbocycles. The molecule has 1 aliphatic rings. The number of methoxy groups -OCH3 is 2. The van der Waals surface area contributed by atoms with Crippen molar-refractivity contribution < 1.29 is 14.2 Å². The second-order valence-corrected chi connectivity index (χ2v) is 4.07. The largest absolute Gasteiger partial charge is 0.381 e. The van der Waals surface area contributed by atoms with E-state index in [0.29, 0.717) is 6.54 Å². The van der Waals surface area contributed by atoms with E-state index < -0.39 is 5.60 Å². The first-order valence-corrected chi connectivity index (χ1v) is 5.24. The first-order valence-electron chi connectivity index (χ1n) is 5.24. The molecule has 0 aromatic rings. The first-order chi connectivity index (χ1) is 7.07. The fourth-order valence-electron chi connectivity index (χ4n) is 2.03. The molecular formula is C11H21NO3. The third-order valence-corrected chi connectivity index (χ3v) is 3.12. The lowest BCUT2D eigenvalue weighted by Gasteiger charge is -2.46. The van der Waals surface area contributed by atoms with E-state index in [-0.39, 0.29) is 18.3 Å². The van der Waals surface area contributed by atoms with Gasteiger partial charge in [0.25, 0.3) is 0 Å². The van der Waals surface area contributed by atoms with Gasteiger partial charge in [-0.2, -0.15) is 0 Å². The fourth-order valence-corrected chi connectivity index (χ4v) is 2.03. The minimum Gasteiger partial charge on any atom is -0.381 e. The number of hydrogen-bond donors (Lipinski definition) is 1. The molecule has 15 heavy (non-hydrogen) atoms. The molecule has 0 spiro atoms. The summed E-state index contributed by atoms with van der Waals surface area (Å²) in [5.74, 6) is 0.126. The van der Waals surface area contributed by atoms with Crippen LogP contribution in [0.4, 0.5) is 0 Å². The average molecular weight is 215 g/mol. The van der Waals surface area contributed by atoms with Gasteiger partial charge < -0.3 is 19.5 Å². The normalized spacial score (nSPS) is 41.8. The maximum Gasteiger partial charge on any atom is 0.160 e. The Balaban J connectivity index is 2.75. The van der Waals surface area contributed by atoms with Crippen molar-refractivity contribution in [3.05, 3.63) is 6.92 Å². The summed E-state index contributed by atoms with van der Waals surface area (Å²) in [7, 11) is 5.16. The maximum absolute atomic E-state index is 6.20. The van der Waals surface area contributed by atoms with Crippen molar-refractivity contribution in [3.8, 4) is 0 Å². The van der Waals surface area contributed by atoms with E-state index in [1.54, 1.807) is 14.2 Å². The molecule has 0 aliphatic carbocycles. The highest BCUT2D eigenvalue weighted by atomic mass is 16.7. The van der Waals surface area contributed by atoms with E-state index in [0.717, 1.165) is 6.42 Å². The summed E-state index contributed by atoms with van der Waals surface area (Å²) in [6.07, 6.45) is 0.503. The van der Waals surface area contributed by atoms with Crippen molar-refractivity contribution in [1.29, 1.82) is 0 Å². The van der Waals surface area contributed by atoms with Gasteiger partial charge in [-0.1, -0.05) is 6.92 Å². The Labute approximate surface area is 92.3 Å². The quantitative estimate of drug-likeness (QED) is 0.749. The van der Waals surface area contributed by atoms with Crippen molar-refractivity contribution in [3.63, 3.8) is 0 Å². The second-order valence-electron chi connectivity index (χ2n) is 4.07. The number of ether oxygens (including phenoxy) is 3. The third kappa shape index (κ3) is 2.69. The van der Waals surface area contributed by atoms with Crippen molar-refractivity contribution in [2.24, 2.45) is 5.92 Å². The van der Waals surface area contributed by atoms with E-state index in [1.807, 2.05) is 14.0 Å². The van der Waals surface area contributed by atoms with Crippen molar-refractivity contribution in [2.45, 2.75) is 31.3 Å². The van der Waals surface area contributed by atoms with Gasteiger partial charge in [-0.3, -0.25) is 0 Å². The predicted molar refractivity (Wildman–Crippen MR) is 57.4 cm³/mol. The van der Waals surface area contributed by atoms with Crippen LogP contribution < -0.4 is 5.32 Å². The third-order valence-electron chi connectivity index (χ3n) is 3.12. The molecule has 0 aromatic carbocycles. The molecule has 0 aromatic heterocycles. The number of rotatable bonds is 4. The van der Waals surface area contributed by atoms with Crippen LogP contribution in [0.25, 0.3) is 0 Å². The monoisotopic (exact) mass is 215 g/mol. The Bertz CT molecular complexity index is 200. The molecule has 1 fully saturated rings. The Kier molecular flexibility index (Phi) is 4.52. The maximum atomic E-state index is 6.20. The molecule has 0 amide bonds. The smallest absolute Gasteiger partial charge is 0.160 e. The molecule has 1 aliphatic heterocycles. The lowest BCUT2D eigenvalue weighted by molar-refractivity contribution is -0.255. The summed E-state index contributed by atoms with van der Waals surface area (Å²) in [4.78, 5) is 0. The van der Waals surface area contributed by atoms with Crippen LogP contribution in [0.15, 0.2) is 0 Å². The molecule has 1 N–H and O–H groups in total. The number of nitrogens with one attached hydrogen (secondary N) is 1. The summed E-state index contributed by atoms with van der Waals surface area (Å²) in [5, 5.41) is 3.04. The minimum absolute atomic E-state index is 0.0713. The van der Waals surface area contributed by atoms with Crippen LogP contribution in [-0.4, -0.2) is 45.8 Å². The molecule has 4 atom stereocenters. The highest BCUT2D eigenvalue weighted by Gasteiger charge is 2.44. The van der Waals surface area contributed by atoms with Crippen molar-refractivity contribution in [2.75, 3.05) is 27.8 Å². The minimum atomic E-state index is -0.728. The van der Waals surface area contributed by atoms with Crippen LogP contribution in [0.2, 0.25) is 0 Å². The molecule has 2 radical (unpaired) electrons. The second kappa shape index (κ2) is 5.25. The Morgan fingerprint density at radius 2 is 2.13 bits per heavy atom. The topological polar surface area (TPSA) is 39.7 Å². The summed E-state index contributed by atoms with van der Waals surface area (Å²) in [6.45, 7) is 8.82. The van der Waals surface area contributed by atoms with E-state index >= 15 is 0 Å². The van der Waals surface area contributed by atoms with Crippen molar-refractivity contribution >= 4 is 0 Å². The SMILES string of the molecule is [CH]C1(CNC)OC(OC)CC(OC)C1C. The van der Waals surface area contributed by atoms with Gasteiger partial charge in [0.15, 0.2) is 6.29 Å². The Morgan fingerprint density at radius 3 is 2.60 bits per heavy atom. The average Bonchev–Trinajstić information content (AvgIpc) is 2.22. The molecular weight excluding hydrogens is 194 g/mol. The molecule has 4 unspecified atom stereocenters. The molecule has 1 saturated heterocycles. The Hall–Kier alpha value is -0.160. The van der Waals surface area contributed by atoms with Gasteiger partial charge >= 0.3 is 0 Å². The standard InChI is InChI=1S/C11H21NO3/c1-8-9(13-4)6-10(14-5)15-11(8,2)7-12-3/h2,8-10,12H,6-7H2,1,3-5H3. The van der Waals surface area contributed by atoms with Crippen LogP contribution in [-0.2, 0) is 14.2 Å². The lowest BCUT2D eigenvalue weighted by atomic mass is 9.82. The summed E-state index contributed by atoms with van der Waals surface area (Å²) >= 11 is 0. The zero-order chi connectivity index (χ0) is 11.5. The van der Waals surface area contributed by atoms with Gasteiger partial charge in [0.2, 0.25) is 0 Å². The summed E-state index contributed by atoms with van der Waals surface area (Å²) < 4.78 is 16.3. The lowest BCUT2D eigenvalue weighted by Crippen LogP contribution is -2.56. The van der Waals surface area contributed by atoms with Crippen LogP contribution in [0, 0.1) is 12.8 Å². The number of hydrogen-bond acceptors (Lipinski definition) is 4. The van der Waals surface area contributed by atoms with Gasteiger partial charge in [0.05, 0.1) is 11.7 Å². The van der Waals surface area contributed by atoms with E-state index in [4.69, 9.17) is 21.1 Å². The molecule has 0 bridgehead atoms. The zero-order valence-electron chi connectivity index (χ0n) is 9.95. The van der Waals surface area contributed by atoms with Crippen LogP contribution >= 0.6 is 0 Å². The molecule has 4 heteroatoms. The van der Waals surface area contributed by atoms with Crippen LogP contribution in [0.3, 0.4) is 0 Å². The zero-order valence-corrected chi connectivity index (χ0v) is 9.95. The van der Waals surface area contributed by atoms with Crippen LogP contribution in [0.1, 0.15) is 13.3 Å². The van der Waals surface area contributed by atoms with Gasteiger partial charge in [-0.25, -0.2) is 0 Å². The summed E-state index contributed by atoms with van der Waals surface area (Å²) in [6, 6.07) is 0. The van der Waals surface area contributed by atoms with Crippen LogP contribution in [0.5, 0.6) is 0 Å². The van der Waals surface area contributed by atoms with Gasteiger partial charge in [0, 0.05) is 40.0 Å². The fraction of sp³-hybridized carbons (Fsp3) is 0.909. The van der Waals surface area contributed by atoms with Crippen molar-refractivity contribution in [1.82, 2.24) is 5.32 Å². The highest BCUT2D eigenvalue weighted by Crippen LogP contribution is 2.35. The van der Waals surface area contributed by atoms with Gasteiger partial charge in [-0.05, 0) is 7.05 Å². The molecule has 1 rings (SSSR count). The number of likely N-dealkylation sites (N-methyl/N-ethyl adjacent to an activating group) is 1. The summed E-state index contributed by atoms with van der Waals surface area (Å²) in [5.41, 5.74) is -0.728. The first kappa shape index (κ1) is 12.9. The highest BCUT2D eigenvalue weighted by molar-refractivity contribution is 4.98. The molecule has 88 valence electrons. The molecule has 1 heterocycles. The Morgan fingerprint density at radius 1 is 1.47 bits per heavy atom. The van der Waals surface area contributed by atoms with E-state index in [9.17, 15) is 0 Å². The predicted octanol–water partition coefficient (Wildman–Crippen LogP) is 0.700. The van der Waals surface area contributed by atoms with E-state index in [2.05, 4.69) is 5.32 Å². The van der Waals surface area contributed by atoms with Gasteiger partial charge in [0.1, 0.15) is 0 Å². The van der Waals surface area contributed by atoms with E-state index in [1.165, 1.54) is 0 Å². The molecule has 4 nitrogen and oxygen atoms in total. The van der Waals surface area contributed by atoms with Gasteiger partial charge in [-0.15, -0.1) is 0 Å².